The van der Waals surface area contributed by atoms with Gasteiger partial charge in [-0.3, -0.25) is 0 Å². The van der Waals surface area contributed by atoms with Crippen LogP contribution in [-0.4, -0.2) is 30.6 Å². The van der Waals surface area contributed by atoms with Gasteiger partial charge < -0.3 is 4.74 Å². The van der Waals surface area contributed by atoms with Crippen molar-refractivity contribution in [2.24, 2.45) is 22.8 Å². The number of allylic oxidation sites excluding steroid dienone is 1. The maximum absolute atomic E-state index is 5.84. The summed E-state index contributed by atoms with van der Waals surface area (Å²) in [5, 5.41) is 5.83. The molecule has 2 rings (SSSR count). The molecule has 0 aromatic carbocycles. The molecule has 1 saturated heterocycles. The van der Waals surface area contributed by atoms with Gasteiger partial charge in [-0.05, 0) is 30.3 Å². The minimum absolute atomic E-state index is 0.225. The molecule has 0 bridgehead atoms. The average molecular weight is 223 g/mol. The highest BCUT2D eigenvalue weighted by Gasteiger charge is 2.24. The largest absolute Gasteiger partial charge is 0.381 e. The Labute approximate surface area is 97.1 Å². The first kappa shape index (κ1) is 11.6. The Morgan fingerprint density at radius 3 is 2.75 bits per heavy atom. The molecule has 0 aromatic heterocycles. The summed E-state index contributed by atoms with van der Waals surface area (Å²) in [6, 6.07) is 0.225. The van der Waals surface area contributed by atoms with E-state index in [-0.39, 0.29) is 6.04 Å². The van der Waals surface area contributed by atoms with Crippen molar-refractivity contribution in [3.05, 3.63) is 11.6 Å². The fourth-order valence-electron chi connectivity index (χ4n) is 2.30. The molecule has 2 aliphatic rings. The molecule has 4 nitrogen and oxygen atoms in total. The summed E-state index contributed by atoms with van der Waals surface area (Å²) in [7, 11) is 0. The molecule has 2 N–H and O–H groups in total. The van der Waals surface area contributed by atoms with Gasteiger partial charge in [0.25, 0.3) is 0 Å². The molecule has 0 saturated carbocycles. The third-order valence-corrected chi connectivity index (χ3v) is 3.38. The molecule has 1 unspecified atom stereocenters. The summed E-state index contributed by atoms with van der Waals surface area (Å²) in [6.07, 6.45) is 6.39. The predicted molar refractivity (Wildman–Crippen MR) is 64.8 cm³/mol. The topological polar surface area (TPSA) is 50.8 Å². The van der Waals surface area contributed by atoms with Crippen LogP contribution in [0.15, 0.2) is 16.8 Å². The fraction of sp³-hybridized carbons (Fsp3) is 0.750. The first-order chi connectivity index (χ1) is 7.68. The highest BCUT2D eigenvalue weighted by Crippen LogP contribution is 2.26. The number of ether oxygens (including phenoxy) is 1. The van der Waals surface area contributed by atoms with Crippen molar-refractivity contribution in [3.63, 3.8) is 0 Å². The van der Waals surface area contributed by atoms with E-state index in [1.54, 1.807) is 5.12 Å². The molecule has 0 aliphatic carbocycles. The minimum atomic E-state index is 0.225. The highest BCUT2D eigenvalue weighted by atomic mass is 16.5. The lowest BCUT2D eigenvalue weighted by Crippen LogP contribution is -2.41. The van der Waals surface area contributed by atoms with Crippen molar-refractivity contribution in [2.45, 2.75) is 32.7 Å². The van der Waals surface area contributed by atoms with Crippen LogP contribution in [0.2, 0.25) is 0 Å². The number of hydrogen-bond acceptors (Lipinski definition) is 4. The molecular formula is C12H21N3O. The molecular weight excluding hydrogens is 202 g/mol. The van der Waals surface area contributed by atoms with Gasteiger partial charge in [0.2, 0.25) is 0 Å². The lowest BCUT2D eigenvalue weighted by molar-refractivity contribution is 0.0763. The molecule has 4 heteroatoms. The molecule has 1 fully saturated rings. The van der Waals surface area contributed by atoms with Crippen LogP contribution >= 0.6 is 0 Å². The van der Waals surface area contributed by atoms with Crippen LogP contribution in [0, 0.1) is 11.8 Å². The van der Waals surface area contributed by atoms with E-state index >= 15 is 0 Å². The molecule has 90 valence electrons. The van der Waals surface area contributed by atoms with Crippen LogP contribution in [0.25, 0.3) is 0 Å². The smallest absolute Gasteiger partial charge is 0.0849 e. The summed E-state index contributed by atoms with van der Waals surface area (Å²) in [6.45, 7) is 6.08. The Balaban J connectivity index is 2.08. The fourth-order valence-corrected chi connectivity index (χ4v) is 2.30. The molecule has 0 amide bonds. The average Bonchev–Trinajstić information content (AvgIpc) is 2.30. The zero-order chi connectivity index (χ0) is 11.5. The van der Waals surface area contributed by atoms with E-state index in [0.717, 1.165) is 26.1 Å². The highest BCUT2D eigenvalue weighted by molar-refractivity contribution is 5.80. The molecule has 2 heterocycles. The van der Waals surface area contributed by atoms with Gasteiger partial charge in [-0.2, -0.15) is 5.10 Å². The van der Waals surface area contributed by atoms with E-state index in [1.165, 1.54) is 5.57 Å². The normalized spacial score (nSPS) is 27.4. The zero-order valence-corrected chi connectivity index (χ0v) is 10.1. The van der Waals surface area contributed by atoms with Crippen molar-refractivity contribution in [2.75, 3.05) is 13.2 Å². The second kappa shape index (κ2) is 4.97. The third kappa shape index (κ3) is 2.44. The van der Waals surface area contributed by atoms with Gasteiger partial charge in [0.05, 0.1) is 12.3 Å². The number of hydrogen-bond donors (Lipinski definition) is 1. The summed E-state index contributed by atoms with van der Waals surface area (Å²) in [4.78, 5) is 0. The second-order valence-corrected chi connectivity index (χ2v) is 4.91. The van der Waals surface area contributed by atoms with E-state index in [9.17, 15) is 0 Å². The van der Waals surface area contributed by atoms with Crippen LogP contribution in [0.4, 0.5) is 0 Å². The second-order valence-electron chi connectivity index (χ2n) is 4.91. The van der Waals surface area contributed by atoms with Crippen LogP contribution in [-0.2, 0) is 4.74 Å². The molecule has 2 aliphatic heterocycles. The van der Waals surface area contributed by atoms with E-state index in [1.807, 2.05) is 6.21 Å². The van der Waals surface area contributed by atoms with Gasteiger partial charge in [-0.25, -0.2) is 11.0 Å². The number of rotatable bonds is 2. The lowest BCUT2D eigenvalue weighted by atomic mass is 9.88. The summed E-state index contributed by atoms with van der Waals surface area (Å²) in [5.41, 5.74) is 1.34. The summed E-state index contributed by atoms with van der Waals surface area (Å²) < 4.78 is 5.38. The van der Waals surface area contributed by atoms with E-state index < -0.39 is 0 Å². The SMILES string of the molecule is CC(C)C1C=C(C2CCOCC2)C=NN1N. The standard InChI is InChI=1S/C12H21N3O/c1-9(2)12-7-11(8-14-15(12)13)10-3-5-16-6-4-10/h7-10,12H,3-6,13H2,1-2H3. The number of nitrogens with zero attached hydrogens (tertiary/aromatic N) is 2. The quantitative estimate of drug-likeness (QED) is 0.722. The van der Waals surface area contributed by atoms with E-state index in [2.05, 4.69) is 25.0 Å². The Hall–Kier alpha value is -0.870. The van der Waals surface area contributed by atoms with Crippen LogP contribution in [0.5, 0.6) is 0 Å². The zero-order valence-electron chi connectivity index (χ0n) is 10.1. The maximum atomic E-state index is 5.84. The lowest BCUT2D eigenvalue weighted by Gasteiger charge is -2.32. The van der Waals surface area contributed by atoms with Gasteiger partial charge in [0.1, 0.15) is 0 Å². The molecule has 1 atom stereocenters. The van der Waals surface area contributed by atoms with E-state index in [4.69, 9.17) is 10.6 Å². The van der Waals surface area contributed by atoms with Gasteiger partial charge in [-0.1, -0.05) is 19.9 Å². The van der Waals surface area contributed by atoms with Crippen LogP contribution in [0.1, 0.15) is 26.7 Å². The van der Waals surface area contributed by atoms with Crippen LogP contribution in [0.3, 0.4) is 0 Å². The number of hydrazone groups is 1. The predicted octanol–water partition coefficient (Wildman–Crippen LogP) is 1.54. The molecule has 0 aromatic rings. The minimum Gasteiger partial charge on any atom is -0.381 e. The van der Waals surface area contributed by atoms with Gasteiger partial charge in [-0.15, -0.1) is 0 Å². The van der Waals surface area contributed by atoms with Gasteiger partial charge >= 0.3 is 0 Å². The van der Waals surface area contributed by atoms with Gasteiger partial charge in [0, 0.05) is 13.2 Å². The summed E-state index contributed by atoms with van der Waals surface area (Å²) >= 11 is 0. The first-order valence-electron chi connectivity index (χ1n) is 6.06. The Kier molecular flexibility index (Phi) is 3.61. The van der Waals surface area contributed by atoms with Crippen molar-refractivity contribution >= 4 is 6.21 Å². The van der Waals surface area contributed by atoms with E-state index in [0.29, 0.717) is 11.8 Å². The third-order valence-electron chi connectivity index (χ3n) is 3.38. The Morgan fingerprint density at radius 1 is 1.44 bits per heavy atom. The maximum Gasteiger partial charge on any atom is 0.0849 e. The monoisotopic (exact) mass is 223 g/mol. The van der Waals surface area contributed by atoms with Gasteiger partial charge in [0.15, 0.2) is 0 Å². The van der Waals surface area contributed by atoms with Crippen molar-refractivity contribution < 1.29 is 4.74 Å². The van der Waals surface area contributed by atoms with Crippen molar-refractivity contribution in [3.8, 4) is 0 Å². The number of hydrazine groups is 1. The van der Waals surface area contributed by atoms with Crippen LogP contribution < -0.4 is 5.84 Å². The van der Waals surface area contributed by atoms with Crippen molar-refractivity contribution in [1.82, 2.24) is 5.12 Å². The molecule has 16 heavy (non-hydrogen) atoms. The number of nitrogens with two attached hydrogens (primary N) is 1. The summed E-state index contributed by atoms with van der Waals surface area (Å²) in [5.74, 6) is 6.93. The molecule has 0 radical (unpaired) electrons. The molecule has 0 spiro atoms. The Bertz CT molecular complexity index is 293. The first-order valence-corrected chi connectivity index (χ1v) is 6.06. The van der Waals surface area contributed by atoms with Crippen molar-refractivity contribution in [1.29, 1.82) is 0 Å². The Morgan fingerprint density at radius 2 is 2.12 bits per heavy atom.